The van der Waals surface area contributed by atoms with Crippen molar-refractivity contribution < 1.29 is 4.79 Å². The molecular weight excluding hydrogens is 310 g/mol. The minimum Gasteiger partial charge on any atom is -0.337 e. The Hall–Kier alpha value is -2.28. The molecule has 23 heavy (non-hydrogen) atoms. The number of fused-ring (bicyclic) bond motifs is 1. The lowest BCUT2D eigenvalue weighted by atomic mass is 9.93. The minimum absolute atomic E-state index is 0.0412. The zero-order chi connectivity index (χ0) is 15.8. The van der Waals surface area contributed by atoms with Crippen molar-refractivity contribution in [3.8, 4) is 0 Å². The van der Waals surface area contributed by atoms with E-state index in [0.29, 0.717) is 11.6 Å². The van der Waals surface area contributed by atoms with Gasteiger partial charge in [0.05, 0.1) is 11.2 Å². The predicted octanol–water partition coefficient (Wildman–Crippen LogP) is 2.51. The van der Waals surface area contributed by atoms with Crippen LogP contribution in [-0.4, -0.2) is 43.5 Å². The van der Waals surface area contributed by atoms with Crippen LogP contribution < -0.4 is 0 Å². The highest BCUT2D eigenvalue weighted by atomic mass is 32.1. The Bertz CT molecular complexity index is 833. The molecule has 0 spiro atoms. The van der Waals surface area contributed by atoms with Crippen LogP contribution >= 0.6 is 11.3 Å². The van der Waals surface area contributed by atoms with Gasteiger partial charge in [-0.05, 0) is 25.8 Å². The van der Waals surface area contributed by atoms with Gasteiger partial charge >= 0.3 is 0 Å². The molecule has 118 valence electrons. The van der Waals surface area contributed by atoms with E-state index in [9.17, 15) is 4.79 Å². The van der Waals surface area contributed by atoms with E-state index in [1.54, 1.807) is 10.0 Å². The van der Waals surface area contributed by atoms with Crippen molar-refractivity contribution in [3.05, 3.63) is 46.3 Å². The second kappa shape index (κ2) is 5.73. The molecule has 0 aliphatic carbocycles. The summed E-state index contributed by atoms with van der Waals surface area (Å²) in [6.07, 6.45) is 3.84. The van der Waals surface area contributed by atoms with Crippen LogP contribution in [0.3, 0.4) is 0 Å². The molecule has 0 saturated carbocycles. The Balaban J connectivity index is 1.47. The van der Waals surface area contributed by atoms with Crippen molar-refractivity contribution in [2.75, 3.05) is 13.1 Å². The van der Waals surface area contributed by atoms with Gasteiger partial charge in [-0.25, -0.2) is 14.5 Å². The zero-order valence-electron chi connectivity index (χ0n) is 12.8. The standard InChI is InChI=1S/C16H17N5OS/c1-11-8-15-18-13(4-7-21(15)19-11)12-2-5-20(6-3-12)16(22)14-9-23-10-17-14/h4,7-10,12H,2-3,5-6H2,1H3. The van der Waals surface area contributed by atoms with E-state index in [1.165, 1.54) is 11.3 Å². The first kappa shape index (κ1) is 14.3. The van der Waals surface area contributed by atoms with Crippen LogP contribution in [-0.2, 0) is 0 Å². The summed E-state index contributed by atoms with van der Waals surface area (Å²) in [4.78, 5) is 23.1. The molecule has 0 aromatic carbocycles. The average Bonchev–Trinajstić information content (AvgIpc) is 3.22. The van der Waals surface area contributed by atoms with Crippen LogP contribution in [0.4, 0.5) is 0 Å². The second-order valence-corrected chi connectivity index (χ2v) is 6.60. The molecule has 1 aliphatic rings. The number of carbonyl (C=O) groups excluding carboxylic acids is 1. The molecule has 4 rings (SSSR count). The SMILES string of the molecule is Cc1cc2nc(C3CCN(C(=O)c4cscn4)CC3)ccn2n1. The Morgan fingerprint density at radius 3 is 2.91 bits per heavy atom. The summed E-state index contributed by atoms with van der Waals surface area (Å²) in [6.45, 7) is 3.48. The van der Waals surface area contributed by atoms with Gasteiger partial charge in [-0.2, -0.15) is 5.10 Å². The van der Waals surface area contributed by atoms with Crippen LogP contribution in [0.5, 0.6) is 0 Å². The van der Waals surface area contributed by atoms with Gasteiger partial charge in [0.15, 0.2) is 5.65 Å². The molecule has 0 bridgehead atoms. The Kier molecular flexibility index (Phi) is 3.57. The van der Waals surface area contributed by atoms with Gasteiger partial charge in [-0.3, -0.25) is 4.79 Å². The molecular formula is C16H17N5OS. The third kappa shape index (κ3) is 2.72. The molecule has 1 saturated heterocycles. The number of amides is 1. The molecule has 7 heteroatoms. The van der Waals surface area contributed by atoms with E-state index in [1.807, 2.05) is 35.5 Å². The highest BCUT2D eigenvalue weighted by molar-refractivity contribution is 7.07. The smallest absolute Gasteiger partial charge is 0.273 e. The van der Waals surface area contributed by atoms with Crippen molar-refractivity contribution in [1.29, 1.82) is 0 Å². The quantitative estimate of drug-likeness (QED) is 0.725. The van der Waals surface area contributed by atoms with Crippen molar-refractivity contribution in [2.24, 2.45) is 0 Å². The number of aryl methyl sites for hydroxylation is 1. The first-order chi connectivity index (χ1) is 11.2. The fraction of sp³-hybridized carbons (Fsp3) is 0.375. The molecule has 1 fully saturated rings. The molecule has 0 unspecified atom stereocenters. The van der Waals surface area contributed by atoms with E-state index in [2.05, 4.69) is 10.1 Å². The Morgan fingerprint density at radius 1 is 1.35 bits per heavy atom. The molecule has 3 aromatic rings. The van der Waals surface area contributed by atoms with Crippen molar-refractivity contribution in [3.63, 3.8) is 0 Å². The van der Waals surface area contributed by atoms with Gasteiger partial charge in [0.1, 0.15) is 5.69 Å². The Labute approximate surface area is 137 Å². The van der Waals surface area contributed by atoms with Crippen LogP contribution in [0, 0.1) is 6.92 Å². The van der Waals surface area contributed by atoms with Crippen LogP contribution in [0.2, 0.25) is 0 Å². The summed E-state index contributed by atoms with van der Waals surface area (Å²) >= 11 is 1.46. The number of nitrogens with zero attached hydrogens (tertiary/aromatic N) is 5. The van der Waals surface area contributed by atoms with Crippen LogP contribution in [0.15, 0.2) is 29.2 Å². The van der Waals surface area contributed by atoms with Crippen LogP contribution in [0.25, 0.3) is 5.65 Å². The number of hydrogen-bond donors (Lipinski definition) is 0. The first-order valence-corrected chi connectivity index (χ1v) is 8.65. The van der Waals surface area contributed by atoms with Crippen molar-refractivity contribution in [1.82, 2.24) is 24.5 Å². The van der Waals surface area contributed by atoms with Gasteiger partial charge in [-0.1, -0.05) is 0 Å². The molecule has 0 radical (unpaired) electrons. The molecule has 4 heterocycles. The van der Waals surface area contributed by atoms with E-state index < -0.39 is 0 Å². The fourth-order valence-electron chi connectivity index (χ4n) is 3.10. The van der Waals surface area contributed by atoms with E-state index in [-0.39, 0.29) is 5.91 Å². The molecule has 6 nitrogen and oxygen atoms in total. The number of aromatic nitrogens is 4. The molecule has 0 atom stereocenters. The third-order valence-corrected chi connectivity index (χ3v) is 4.91. The third-order valence-electron chi connectivity index (χ3n) is 4.32. The summed E-state index contributed by atoms with van der Waals surface area (Å²) < 4.78 is 1.81. The normalized spacial score (nSPS) is 16.1. The zero-order valence-corrected chi connectivity index (χ0v) is 13.7. The van der Waals surface area contributed by atoms with Gasteiger partial charge in [-0.15, -0.1) is 11.3 Å². The van der Waals surface area contributed by atoms with Gasteiger partial charge < -0.3 is 4.90 Å². The summed E-state index contributed by atoms with van der Waals surface area (Å²) in [5, 5.41) is 6.17. The van der Waals surface area contributed by atoms with Gasteiger partial charge in [0, 0.05) is 42.3 Å². The summed E-state index contributed by atoms with van der Waals surface area (Å²) in [5.74, 6) is 0.439. The summed E-state index contributed by atoms with van der Waals surface area (Å²) in [7, 11) is 0. The maximum Gasteiger partial charge on any atom is 0.273 e. The highest BCUT2D eigenvalue weighted by Gasteiger charge is 2.26. The highest BCUT2D eigenvalue weighted by Crippen LogP contribution is 2.27. The largest absolute Gasteiger partial charge is 0.337 e. The molecule has 3 aromatic heterocycles. The number of rotatable bonds is 2. The number of likely N-dealkylation sites (tertiary alicyclic amines) is 1. The van der Waals surface area contributed by atoms with Crippen molar-refractivity contribution in [2.45, 2.75) is 25.7 Å². The maximum absolute atomic E-state index is 12.3. The van der Waals surface area contributed by atoms with E-state index in [4.69, 9.17) is 4.98 Å². The maximum atomic E-state index is 12.3. The Morgan fingerprint density at radius 2 is 2.17 bits per heavy atom. The van der Waals surface area contributed by atoms with E-state index >= 15 is 0 Å². The van der Waals surface area contributed by atoms with Gasteiger partial charge in [0.25, 0.3) is 5.91 Å². The minimum atomic E-state index is 0.0412. The molecule has 1 aliphatic heterocycles. The van der Waals surface area contributed by atoms with Gasteiger partial charge in [0.2, 0.25) is 0 Å². The lowest BCUT2D eigenvalue weighted by Crippen LogP contribution is -2.38. The van der Waals surface area contributed by atoms with Crippen molar-refractivity contribution >= 4 is 22.9 Å². The number of hydrogen-bond acceptors (Lipinski definition) is 5. The number of piperidine rings is 1. The average molecular weight is 327 g/mol. The monoisotopic (exact) mass is 327 g/mol. The summed E-state index contributed by atoms with van der Waals surface area (Å²) in [5.41, 5.74) is 5.22. The molecule has 1 amide bonds. The fourth-order valence-corrected chi connectivity index (χ4v) is 3.62. The lowest BCUT2D eigenvalue weighted by molar-refractivity contribution is 0.0707. The number of carbonyl (C=O) groups is 1. The second-order valence-electron chi connectivity index (χ2n) is 5.88. The number of thiazole rings is 1. The van der Waals surface area contributed by atoms with E-state index in [0.717, 1.165) is 43.0 Å². The molecule has 0 N–H and O–H groups in total. The lowest BCUT2D eigenvalue weighted by Gasteiger charge is -2.31. The summed E-state index contributed by atoms with van der Waals surface area (Å²) in [6, 6.07) is 4.03. The first-order valence-electron chi connectivity index (χ1n) is 7.71. The predicted molar refractivity (Wildman–Crippen MR) is 87.7 cm³/mol. The van der Waals surface area contributed by atoms with Crippen LogP contribution in [0.1, 0.15) is 40.6 Å². The topological polar surface area (TPSA) is 63.4 Å².